The molecule has 1 saturated carbocycles. The van der Waals surface area contributed by atoms with E-state index >= 15 is 0 Å². The zero-order valence-corrected chi connectivity index (χ0v) is 13.8. The van der Waals surface area contributed by atoms with E-state index in [1.807, 2.05) is 0 Å². The highest BCUT2D eigenvalue weighted by molar-refractivity contribution is 5.85. The Morgan fingerprint density at radius 2 is 1.86 bits per heavy atom. The van der Waals surface area contributed by atoms with Gasteiger partial charge in [-0.2, -0.15) is 0 Å². The molecule has 1 aromatic carbocycles. The molecular formula is C17H27ClN2O. The summed E-state index contributed by atoms with van der Waals surface area (Å²) in [4.78, 5) is 2.12. The molecule has 1 aromatic rings. The van der Waals surface area contributed by atoms with Gasteiger partial charge in [-0.3, -0.25) is 0 Å². The maximum absolute atomic E-state index is 10.9. The van der Waals surface area contributed by atoms with Crippen LogP contribution < -0.4 is 10.2 Å². The van der Waals surface area contributed by atoms with Gasteiger partial charge in [0.1, 0.15) is 0 Å². The molecule has 3 rings (SSSR count). The molecule has 1 saturated heterocycles. The van der Waals surface area contributed by atoms with Crippen LogP contribution in [0.25, 0.3) is 0 Å². The van der Waals surface area contributed by atoms with E-state index in [0.29, 0.717) is 12.0 Å². The van der Waals surface area contributed by atoms with Crippen molar-refractivity contribution in [2.24, 2.45) is 5.92 Å². The van der Waals surface area contributed by atoms with Gasteiger partial charge in [-0.25, -0.2) is 0 Å². The topological polar surface area (TPSA) is 35.5 Å². The predicted molar refractivity (Wildman–Crippen MR) is 90.3 cm³/mol. The highest BCUT2D eigenvalue weighted by atomic mass is 35.5. The molecule has 3 atom stereocenters. The lowest BCUT2D eigenvalue weighted by molar-refractivity contribution is -0.0861. The number of aliphatic hydroxyl groups is 1. The summed E-state index contributed by atoms with van der Waals surface area (Å²) >= 11 is 0. The highest BCUT2D eigenvalue weighted by Crippen LogP contribution is 2.45. The Kier molecular flexibility index (Phi) is 5.18. The summed E-state index contributed by atoms with van der Waals surface area (Å²) < 4.78 is 0. The molecule has 0 amide bonds. The Morgan fingerprint density at radius 1 is 1.14 bits per heavy atom. The number of anilines is 1. The fourth-order valence-electron chi connectivity index (χ4n) is 3.95. The van der Waals surface area contributed by atoms with Crippen LogP contribution in [0, 0.1) is 5.92 Å². The number of fused-ring (bicyclic) bond motifs is 1. The van der Waals surface area contributed by atoms with Gasteiger partial charge in [0.2, 0.25) is 0 Å². The van der Waals surface area contributed by atoms with Gasteiger partial charge in [0.05, 0.1) is 5.60 Å². The number of nitrogens with zero attached hydrogens (tertiary/aromatic N) is 1. The van der Waals surface area contributed by atoms with Crippen molar-refractivity contribution in [2.75, 3.05) is 25.5 Å². The maximum Gasteiger partial charge on any atom is 0.0706 e. The van der Waals surface area contributed by atoms with E-state index in [0.717, 1.165) is 25.8 Å². The summed E-state index contributed by atoms with van der Waals surface area (Å²) in [5, 5.41) is 14.6. The number of hydrogen-bond donors (Lipinski definition) is 2. The van der Waals surface area contributed by atoms with E-state index in [1.54, 1.807) is 0 Å². The molecule has 0 bridgehead atoms. The molecule has 3 unspecified atom stereocenters. The Labute approximate surface area is 134 Å². The fourth-order valence-corrected chi connectivity index (χ4v) is 3.95. The zero-order chi connectivity index (χ0) is 14.2. The van der Waals surface area contributed by atoms with Gasteiger partial charge in [-0.15, -0.1) is 12.4 Å². The SMILES string of the molecule is CN(C)c1ccc(C2NCCC3(O)CCCCC23)cc1.Cl. The second-order valence-corrected chi connectivity index (χ2v) is 6.62. The third-order valence-electron chi connectivity index (χ3n) is 5.16. The molecule has 118 valence electrons. The van der Waals surface area contributed by atoms with Gasteiger partial charge in [0, 0.05) is 31.7 Å². The summed E-state index contributed by atoms with van der Waals surface area (Å²) in [6.07, 6.45) is 5.46. The second kappa shape index (κ2) is 6.55. The summed E-state index contributed by atoms with van der Waals surface area (Å²) in [5.41, 5.74) is 2.11. The van der Waals surface area contributed by atoms with Crippen molar-refractivity contribution in [2.45, 2.75) is 43.7 Å². The van der Waals surface area contributed by atoms with Crippen LogP contribution in [0.3, 0.4) is 0 Å². The van der Waals surface area contributed by atoms with Crippen LogP contribution in [0.5, 0.6) is 0 Å². The lowest BCUT2D eigenvalue weighted by Gasteiger charge is -2.48. The van der Waals surface area contributed by atoms with Crippen molar-refractivity contribution in [1.82, 2.24) is 5.32 Å². The van der Waals surface area contributed by atoms with E-state index < -0.39 is 5.60 Å². The number of benzene rings is 1. The lowest BCUT2D eigenvalue weighted by atomic mass is 9.67. The molecule has 0 aromatic heterocycles. The van der Waals surface area contributed by atoms with E-state index in [4.69, 9.17) is 0 Å². The monoisotopic (exact) mass is 310 g/mol. The molecular weight excluding hydrogens is 284 g/mol. The van der Waals surface area contributed by atoms with Gasteiger partial charge < -0.3 is 15.3 Å². The van der Waals surface area contributed by atoms with Gasteiger partial charge in [0.25, 0.3) is 0 Å². The van der Waals surface area contributed by atoms with Crippen LogP contribution in [0.1, 0.15) is 43.7 Å². The van der Waals surface area contributed by atoms with Crippen molar-refractivity contribution in [1.29, 1.82) is 0 Å². The summed E-state index contributed by atoms with van der Waals surface area (Å²) in [6.45, 7) is 0.924. The normalized spacial score (nSPS) is 32.0. The Hall–Kier alpha value is -0.770. The predicted octanol–water partition coefficient (Wildman–Crippen LogP) is 3.13. The van der Waals surface area contributed by atoms with E-state index in [9.17, 15) is 5.11 Å². The number of nitrogens with one attached hydrogen (secondary N) is 1. The largest absolute Gasteiger partial charge is 0.389 e. The number of hydrogen-bond acceptors (Lipinski definition) is 3. The van der Waals surface area contributed by atoms with Crippen LogP contribution >= 0.6 is 12.4 Å². The standard InChI is InChI=1S/C17H26N2O.ClH/c1-19(2)14-8-6-13(7-9-14)16-15-5-3-4-10-17(15,20)11-12-18-16;/h6-9,15-16,18,20H,3-5,10-12H2,1-2H3;1H. The zero-order valence-electron chi connectivity index (χ0n) is 13.0. The Bertz CT molecular complexity index is 458. The van der Waals surface area contributed by atoms with Crippen molar-refractivity contribution in [3.63, 3.8) is 0 Å². The van der Waals surface area contributed by atoms with Gasteiger partial charge in [-0.05, 0) is 43.5 Å². The highest BCUT2D eigenvalue weighted by Gasteiger charge is 2.45. The first-order valence-corrected chi connectivity index (χ1v) is 7.83. The average molecular weight is 311 g/mol. The maximum atomic E-state index is 10.9. The summed E-state index contributed by atoms with van der Waals surface area (Å²) in [5.74, 6) is 0.371. The van der Waals surface area contributed by atoms with Crippen LogP contribution in [0.15, 0.2) is 24.3 Å². The summed E-state index contributed by atoms with van der Waals surface area (Å²) in [6, 6.07) is 9.09. The minimum Gasteiger partial charge on any atom is -0.389 e. The Balaban J connectivity index is 0.00000161. The third kappa shape index (κ3) is 3.20. The van der Waals surface area contributed by atoms with Crippen LogP contribution in [0.2, 0.25) is 0 Å². The van der Waals surface area contributed by atoms with Crippen molar-refractivity contribution >= 4 is 18.1 Å². The third-order valence-corrected chi connectivity index (χ3v) is 5.16. The Morgan fingerprint density at radius 3 is 2.52 bits per heavy atom. The van der Waals surface area contributed by atoms with Crippen molar-refractivity contribution < 1.29 is 5.11 Å². The smallest absolute Gasteiger partial charge is 0.0706 e. The summed E-state index contributed by atoms with van der Waals surface area (Å²) in [7, 11) is 4.13. The van der Waals surface area contributed by atoms with Crippen molar-refractivity contribution in [3.8, 4) is 0 Å². The van der Waals surface area contributed by atoms with Gasteiger partial charge in [-0.1, -0.05) is 25.0 Å². The van der Waals surface area contributed by atoms with Crippen molar-refractivity contribution in [3.05, 3.63) is 29.8 Å². The molecule has 3 nitrogen and oxygen atoms in total. The van der Waals surface area contributed by atoms with E-state index in [-0.39, 0.29) is 12.4 Å². The molecule has 0 radical (unpaired) electrons. The first-order valence-electron chi connectivity index (χ1n) is 7.83. The van der Waals surface area contributed by atoms with Gasteiger partial charge >= 0.3 is 0 Å². The molecule has 1 aliphatic carbocycles. The van der Waals surface area contributed by atoms with E-state index in [1.165, 1.54) is 24.1 Å². The lowest BCUT2D eigenvalue weighted by Crippen LogP contribution is -2.53. The minimum atomic E-state index is -0.436. The molecule has 4 heteroatoms. The first-order chi connectivity index (χ1) is 9.60. The minimum absolute atomic E-state index is 0. The molecule has 21 heavy (non-hydrogen) atoms. The van der Waals surface area contributed by atoms with E-state index in [2.05, 4.69) is 48.6 Å². The number of halogens is 1. The van der Waals surface area contributed by atoms with Crippen LogP contribution in [0.4, 0.5) is 5.69 Å². The van der Waals surface area contributed by atoms with Crippen LogP contribution in [-0.4, -0.2) is 31.3 Å². The fraction of sp³-hybridized carbons (Fsp3) is 0.647. The van der Waals surface area contributed by atoms with Crippen LogP contribution in [-0.2, 0) is 0 Å². The first kappa shape index (κ1) is 16.6. The van der Waals surface area contributed by atoms with Gasteiger partial charge in [0.15, 0.2) is 0 Å². The number of rotatable bonds is 2. The molecule has 1 aliphatic heterocycles. The molecule has 2 aliphatic rings. The molecule has 2 fully saturated rings. The molecule has 1 heterocycles. The quantitative estimate of drug-likeness (QED) is 0.881. The average Bonchev–Trinajstić information content (AvgIpc) is 2.46. The molecule has 2 N–H and O–H groups in total. The second-order valence-electron chi connectivity index (χ2n) is 6.62. The number of piperidine rings is 1. The molecule has 0 spiro atoms.